The van der Waals surface area contributed by atoms with E-state index in [0.717, 1.165) is 23.4 Å². The van der Waals surface area contributed by atoms with Crippen LogP contribution in [0.5, 0.6) is 5.75 Å². The Morgan fingerprint density at radius 3 is 2.25 bits per heavy atom. The van der Waals surface area contributed by atoms with Crippen LogP contribution in [0, 0.1) is 19.8 Å². The Balaban J connectivity index is 1.93. The highest BCUT2D eigenvalue weighted by atomic mass is 16.5. The first-order chi connectivity index (χ1) is 11.4. The number of nitrogens with zero attached hydrogens (tertiary/aromatic N) is 1. The minimum Gasteiger partial charge on any atom is -0.491 e. The van der Waals surface area contributed by atoms with Crippen LogP contribution in [-0.2, 0) is 4.74 Å². The second-order valence-electron chi connectivity index (χ2n) is 7.31. The largest absolute Gasteiger partial charge is 0.491 e. The minimum absolute atomic E-state index is 0.119. The maximum atomic E-state index is 12.5. The van der Waals surface area contributed by atoms with Gasteiger partial charge in [-0.05, 0) is 76.9 Å². The van der Waals surface area contributed by atoms with E-state index in [2.05, 4.69) is 11.8 Å². The van der Waals surface area contributed by atoms with Crippen molar-refractivity contribution < 1.29 is 14.3 Å². The van der Waals surface area contributed by atoms with E-state index in [4.69, 9.17) is 9.47 Å². The van der Waals surface area contributed by atoms with Crippen LogP contribution < -0.4 is 4.74 Å². The zero-order valence-electron chi connectivity index (χ0n) is 15.7. The number of hydrogen-bond acceptors (Lipinski definition) is 4. The quantitative estimate of drug-likeness (QED) is 0.708. The van der Waals surface area contributed by atoms with E-state index in [9.17, 15) is 4.79 Å². The lowest BCUT2D eigenvalue weighted by atomic mass is 10.0. The molecule has 1 aromatic rings. The zero-order chi connectivity index (χ0) is 17.7. The Morgan fingerprint density at radius 1 is 1.12 bits per heavy atom. The van der Waals surface area contributed by atoms with Crippen molar-refractivity contribution in [3.05, 3.63) is 28.8 Å². The second-order valence-corrected chi connectivity index (χ2v) is 7.31. The van der Waals surface area contributed by atoms with E-state index in [0.29, 0.717) is 18.1 Å². The summed E-state index contributed by atoms with van der Waals surface area (Å²) in [6.45, 7) is 13.8. The summed E-state index contributed by atoms with van der Waals surface area (Å²) in [6.07, 6.45) is 2.69. The molecule has 0 aliphatic carbocycles. The highest BCUT2D eigenvalue weighted by Gasteiger charge is 2.19. The van der Waals surface area contributed by atoms with Gasteiger partial charge in [0.2, 0.25) is 0 Å². The molecule has 4 heteroatoms. The van der Waals surface area contributed by atoms with Crippen LogP contribution in [-0.4, -0.2) is 43.2 Å². The molecule has 24 heavy (non-hydrogen) atoms. The molecule has 2 rings (SSSR count). The molecule has 1 heterocycles. The van der Waals surface area contributed by atoms with Crippen LogP contribution in [0.1, 0.15) is 55.1 Å². The van der Waals surface area contributed by atoms with E-state index in [1.165, 1.54) is 25.9 Å². The molecule has 1 saturated heterocycles. The predicted octanol–water partition coefficient (Wildman–Crippen LogP) is 3.98. The maximum Gasteiger partial charge on any atom is 0.338 e. The minimum atomic E-state index is -0.227. The maximum absolute atomic E-state index is 12.5. The Bertz CT molecular complexity index is 539. The van der Waals surface area contributed by atoms with Gasteiger partial charge in [-0.2, -0.15) is 0 Å². The van der Waals surface area contributed by atoms with Gasteiger partial charge in [0.05, 0.1) is 18.3 Å². The van der Waals surface area contributed by atoms with Gasteiger partial charge in [-0.1, -0.05) is 6.92 Å². The summed E-state index contributed by atoms with van der Waals surface area (Å²) in [5.74, 6) is 0.935. The number of benzene rings is 1. The van der Waals surface area contributed by atoms with E-state index >= 15 is 0 Å². The average Bonchev–Trinajstić information content (AvgIpc) is 2.96. The Morgan fingerprint density at radius 2 is 1.71 bits per heavy atom. The molecular formula is C20H31NO3. The first-order valence-corrected chi connectivity index (χ1v) is 9.04. The normalized spacial score (nSPS) is 16.4. The smallest absolute Gasteiger partial charge is 0.338 e. The van der Waals surface area contributed by atoms with E-state index < -0.39 is 0 Å². The van der Waals surface area contributed by atoms with Crippen LogP contribution >= 0.6 is 0 Å². The number of ether oxygens (including phenoxy) is 2. The molecule has 0 bridgehead atoms. The number of likely N-dealkylation sites (tertiary alicyclic amines) is 1. The molecule has 1 fully saturated rings. The standard InChI is InChI=1S/C20H31NO3/c1-14(2)24-18-10-16(4)19(17(5)11-18)20(22)23-13-15(3)12-21-8-6-7-9-21/h10-11,14-15H,6-9,12-13H2,1-5H3/t15-/m1/s1. The number of carbonyl (C=O) groups is 1. The monoisotopic (exact) mass is 333 g/mol. The molecule has 1 atom stereocenters. The van der Waals surface area contributed by atoms with Gasteiger partial charge in [-0.3, -0.25) is 0 Å². The molecule has 134 valence electrons. The second kappa shape index (κ2) is 8.52. The van der Waals surface area contributed by atoms with Crippen molar-refractivity contribution in [2.24, 2.45) is 5.92 Å². The highest BCUT2D eigenvalue weighted by molar-refractivity contribution is 5.93. The van der Waals surface area contributed by atoms with Crippen molar-refractivity contribution in [2.75, 3.05) is 26.2 Å². The average molecular weight is 333 g/mol. The zero-order valence-corrected chi connectivity index (χ0v) is 15.7. The first kappa shape index (κ1) is 18.8. The molecule has 1 aliphatic heterocycles. The van der Waals surface area contributed by atoms with Crippen molar-refractivity contribution in [2.45, 2.75) is 53.6 Å². The Labute approximate surface area is 146 Å². The number of hydrogen-bond donors (Lipinski definition) is 0. The molecule has 1 aliphatic rings. The lowest BCUT2D eigenvalue weighted by molar-refractivity contribution is 0.0425. The Hall–Kier alpha value is -1.55. The summed E-state index contributed by atoms with van der Waals surface area (Å²) in [5, 5.41) is 0. The van der Waals surface area contributed by atoms with Crippen molar-refractivity contribution in [1.82, 2.24) is 4.90 Å². The van der Waals surface area contributed by atoms with Gasteiger partial charge in [0, 0.05) is 12.5 Å². The fourth-order valence-corrected chi connectivity index (χ4v) is 3.33. The fraction of sp³-hybridized carbons (Fsp3) is 0.650. The van der Waals surface area contributed by atoms with Gasteiger partial charge in [-0.15, -0.1) is 0 Å². The molecule has 0 saturated carbocycles. The first-order valence-electron chi connectivity index (χ1n) is 9.04. The van der Waals surface area contributed by atoms with E-state index in [1.54, 1.807) is 0 Å². The van der Waals surface area contributed by atoms with Crippen molar-refractivity contribution >= 4 is 5.97 Å². The van der Waals surface area contributed by atoms with Crippen LogP contribution in [0.2, 0.25) is 0 Å². The summed E-state index contributed by atoms with van der Waals surface area (Å²) >= 11 is 0. The molecule has 0 spiro atoms. The van der Waals surface area contributed by atoms with Crippen molar-refractivity contribution in [1.29, 1.82) is 0 Å². The molecule has 0 unspecified atom stereocenters. The summed E-state index contributed by atoms with van der Waals surface area (Å²) in [5.41, 5.74) is 2.48. The van der Waals surface area contributed by atoms with Crippen LogP contribution in [0.4, 0.5) is 0 Å². The van der Waals surface area contributed by atoms with Crippen molar-refractivity contribution in [3.63, 3.8) is 0 Å². The van der Waals surface area contributed by atoms with Crippen LogP contribution in [0.3, 0.4) is 0 Å². The molecular weight excluding hydrogens is 302 g/mol. The highest BCUT2D eigenvalue weighted by Crippen LogP contribution is 2.24. The molecule has 1 aromatic carbocycles. The third-order valence-electron chi connectivity index (χ3n) is 4.35. The summed E-state index contributed by atoms with van der Waals surface area (Å²) in [7, 11) is 0. The van der Waals surface area contributed by atoms with E-state index in [1.807, 2.05) is 39.8 Å². The molecule has 0 radical (unpaired) electrons. The van der Waals surface area contributed by atoms with Gasteiger partial charge in [-0.25, -0.2) is 4.79 Å². The summed E-state index contributed by atoms with van der Waals surface area (Å²) < 4.78 is 11.3. The number of esters is 1. The Kier molecular flexibility index (Phi) is 6.67. The molecule has 0 aromatic heterocycles. The molecule has 0 N–H and O–H groups in total. The lowest BCUT2D eigenvalue weighted by Crippen LogP contribution is -2.28. The third-order valence-corrected chi connectivity index (χ3v) is 4.35. The van der Waals surface area contributed by atoms with Crippen LogP contribution in [0.25, 0.3) is 0 Å². The third kappa shape index (κ3) is 5.23. The predicted molar refractivity (Wildman–Crippen MR) is 96.8 cm³/mol. The summed E-state index contributed by atoms with van der Waals surface area (Å²) in [6, 6.07) is 3.83. The van der Waals surface area contributed by atoms with Gasteiger partial charge in [0.1, 0.15) is 5.75 Å². The van der Waals surface area contributed by atoms with Gasteiger partial charge in [0.15, 0.2) is 0 Å². The molecule has 4 nitrogen and oxygen atoms in total. The van der Waals surface area contributed by atoms with Gasteiger partial charge < -0.3 is 14.4 Å². The van der Waals surface area contributed by atoms with Crippen LogP contribution in [0.15, 0.2) is 12.1 Å². The summed E-state index contributed by atoms with van der Waals surface area (Å²) in [4.78, 5) is 14.9. The fourth-order valence-electron chi connectivity index (χ4n) is 3.33. The number of rotatable bonds is 7. The van der Waals surface area contributed by atoms with Gasteiger partial charge >= 0.3 is 5.97 Å². The lowest BCUT2D eigenvalue weighted by Gasteiger charge is -2.20. The van der Waals surface area contributed by atoms with E-state index in [-0.39, 0.29) is 12.1 Å². The topological polar surface area (TPSA) is 38.8 Å². The SMILES string of the molecule is Cc1cc(OC(C)C)cc(C)c1C(=O)OC[C@H](C)CN1CCCC1. The number of carbonyl (C=O) groups excluding carboxylic acids is 1. The van der Waals surface area contributed by atoms with Crippen molar-refractivity contribution in [3.8, 4) is 5.75 Å². The van der Waals surface area contributed by atoms with Gasteiger partial charge in [0.25, 0.3) is 0 Å². The number of aryl methyl sites for hydroxylation is 2. The molecule has 0 amide bonds.